The molecule has 0 radical (unpaired) electrons. The molecule has 150 valence electrons. The molecule has 0 bridgehead atoms. The van der Waals surface area contributed by atoms with E-state index >= 15 is 0 Å². The molecule has 28 heavy (non-hydrogen) atoms. The largest absolute Gasteiger partial charge is 0.482 e. The molecule has 0 fully saturated rings. The van der Waals surface area contributed by atoms with Gasteiger partial charge in [-0.1, -0.05) is 42.8 Å². The van der Waals surface area contributed by atoms with E-state index in [2.05, 4.69) is 15.3 Å². The molecule has 0 aliphatic carbocycles. The van der Waals surface area contributed by atoms with Gasteiger partial charge in [0, 0.05) is 28.3 Å². The Balaban J connectivity index is 2.03. The quantitative estimate of drug-likeness (QED) is 0.699. The average Bonchev–Trinajstić information content (AvgIpc) is 2.65. The fraction of sp³-hybridized carbons (Fsp3) is 0.316. The summed E-state index contributed by atoms with van der Waals surface area (Å²) in [7, 11) is -3.25. The number of carbonyl (C=O) groups excluding carboxylic acids is 1. The monoisotopic (exact) mass is 423 g/mol. The van der Waals surface area contributed by atoms with Crippen molar-refractivity contribution < 1.29 is 17.9 Å². The van der Waals surface area contributed by atoms with E-state index in [0.717, 1.165) is 17.2 Å². The maximum atomic E-state index is 12.2. The number of benzene rings is 1. The third-order valence-electron chi connectivity index (χ3n) is 3.71. The van der Waals surface area contributed by atoms with Gasteiger partial charge in [0.05, 0.1) is 12.4 Å². The summed E-state index contributed by atoms with van der Waals surface area (Å²) in [5, 5.41) is 4.25. The summed E-state index contributed by atoms with van der Waals surface area (Å²) in [6.45, 7) is 3.62. The number of sulfone groups is 1. The summed E-state index contributed by atoms with van der Waals surface area (Å²) < 4.78 is 28.1. The molecule has 0 aliphatic rings. The normalized spacial score (nSPS) is 13.9. The number of nitrogens with zero attached hydrogens (tertiary/aromatic N) is 2. The summed E-state index contributed by atoms with van der Waals surface area (Å²) in [5.41, 5.74) is 0.861. The molecule has 0 spiro atoms. The van der Waals surface area contributed by atoms with Gasteiger partial charge in [-0.3, -0.25) is 4.79 Å². The molecule has 1 N–H and O–H groups in total. The fourth-order valence-electron chi connectivity index (χ4n) is 2.34. The SMILES string of the molecule is CC[C@H](Oc1cnc(C(=O)N[C@H](C)/C=C/S(C)(=O)=O)nc1)c1ccccc1Cl. The summed E-state index contributed by atoms with van der Waals surface area (Å²) in [6.07, 6.45) is 5.71. The minimum atomic E-state index is -3.25. The van der Waals surface area contributed by atoms with E-state index in [1.54, 1.807) is 13.0 Å². The van der Waals surface area contributed by atoms with Gasteiger partial charge in [0.2, 0.25) is 5.82 Å². The van der Waals surface area contributed by atoms with Gasteiger partial charge in [-0.05, 0) is 19.4 Å². The number of carbonyl (C=O) groups is 1. The van der Waals surface area contributed by atoms with Gasteiger partial charge in [-0.15, -0.1) is 0 Å². The van der Waals surface area contributed by atoms with Crippen LogP contribution in [0, 0.1) is 0 Å². The zero-order valence-electron chi connectivity index (χ0n) is 15.8. The van der Waals surface area contributed by atoms with Crippen LogP contribution in [0.25, 0.3) is 0 Å². The number of rotatable bonds is 8. The second-order valence-corrected chi connectivity index (χ2v) is 8.54. The Bertz CT molecular complexity index is 946. The lowest BCUT2D eigenvalue weighted by molar-refractivity contribution is 0.0936. The van der Waals surface area contributed by atoms with Crippen LogP contribution in [0.5, 0.6) is 5.75 Å². The highest BCUT2D eigenvalue weighted by Crippen LogP contribution is 2.29. The first-order chi connectivity index (χ1) is 13.2. The van der Waals surface area contributed by atoms with Crippen LogP contribution in [0.4, 0.5) is 0 Å². The molecule has 2 aromatic rings. The van der Waals surface area contributed by atoms with Gasteiger partial charge in [0.15, 0.2) is 15.6 Å². The van der Waals surface area contributed by atoms with Crippen molar-refractivity contribution in [3.05, 3.63) is 64.6 Å². The first-order valence-corrected chi connectivity index (χ1v) is 10.9. The Labute approximate surface area is 169 Å². The third-order valence-corrected chi connectivity index (χ3v) is 4.70. The van der Waals surface area contributed by atoms with E-state index in [9.17, 15) is 13.2 Å². The summed E-state index contributed by atoms with van der Waals surface area (Å²) in [6, 6.07) is 6.93. The Morgan fingerprint density at radius 3 is 2.50 bits per heavy atom. The molecule has 1 aromatic carbocycles. The molecule has 1 amide bonds. The second-order valence-electron chi connectivity index (χ2n) is 6.20. The second kappa shape index (κ2) is 9.66. The molecule has 0 aliphatic heterocycles. The van der Waals surface area contributed by atoms with Gasteiger partial charge >= 0.3 is 0 Å². The van der Waals surface area contributed by atoms with Crippen LogP contribution in [0.3, 0.4) is 0 Å². The Morgan fingerprint density at radius 2 is 1.93 bits per heavy atom. The summed E-state index contributed by atoms with van der Waals surface area (Å²) in [5.74, 6) is -0.151. The van der Waals surface area contributed by atoms with Crippen molar-refractivity contribution in [3.63, 3.8) is 0 Å². The lowest BCUT2D eigenvalue weighted by atomic mass is 10.1. The third kappa shape index (κ3) is 6.61. The highest BCUT2D eigenvalue weighted by atomic mass is 35.5. The Hall–Kier alpha value is -2.45. The van der Waals surface area contributed by atoms with Gasteiger partial charge in [-0.2, -0.15) is 0 Å². The number of nitrogens with one attached hydrogen (secondary N) is 1. The van der Waals surface area contributed by atoms with Crippen LogP contribution >= 0.6 is 11.6 Å². The maximum Gasteiger partial charge on any atom is 0.289 e. The molecule has 9 heteroatoms. The molecular weight excluding hydrogens is 402 g/mol. The molecular formula is C19H22ClN3O4S. The van der Waals surface area contributed by atoms with E-state index in [4.69, 9.17) is 16.3 Å². The van der Waals surface area contributed by atoms with E-state index in [-0.39, 0.29) is 11.9 Å². The minimum absolute atomic E-state index is 0.0438. The van der Waals surface area contributed by atoms with Crippen LogP contribution in [0.1, 0.15) is 42.6 Å². The van der Waals surface area contributed by atoms with Crippen molar-refractivity contribution in [2.75, 3.05) is 6.26 Å². The summed E-state index contributed by atoms with van der Waals surface area (Å²) >= 11 is 6.23. The number of ether oxygens (including phenoxy) is 1. The van der Waals surface area contributed by atoms with Crippen molar-refractivity contribution in [2.45, 2.75) is 32.4 Å². The smallest absolute Gasteiger partial charge is 0.289 e. The minimum Gasteiger partial charge on any atom is -0.482 e. The molecule has 0 unspecified atom stereocenters. The zero-order valence-corrected chi connectivity index (χ0v) is 17.4. The van der Waals surface area contributed by atoms with E-state index < -0.39 is 21.8 Å². The first kappa shape index (κ1) is 21.8. The molecule has 1 heterocycles. The summed E-state index contributed by atoms with van der Waals surface area (Å²) in [4.78, 5) is 20.2. The Kier molecular flexibility index (Phi) is 7.53. The van der Waals surface area contributed by atoms with Gasteiger partial charge in [0.1, 0.15) is 6.10 Å². The number of amides is 1. The number of aromatic nitrogens is 2. The van der Waals surface area contributed by atoms with Crippen molar-refractivity contribution in [1.82, 2.24) is 15.3 Å². The lowest BCUT2D eigenvalue weighted by Gasteiger charge is -2.18. The molecule has 7 nitrogen and oxygen atoms in total. The van der Waals surface area contributed by atoms with Gasteiger partial charge in [-0.25, -0.2) is 18.4 Å². The lowest BCUT2D eigenvalue weighted by Crippen LogP contribution is -2.32. The highest BCUT2D eigenvalue weighted by molar-refractivity contribution is 7.93. The highest BCUT2D eigenvalue weighted by Gasteiger charge is 2.16. The molecule has 1 aromatic heterocycles. The predicted octanol–water partition coefficient (Wildman–Crippen LogP) is 3.34. The van der Waals surface area contributed by atoms with Crippen LogP contribution in [-0.4, -0.2) is 36.6 Å². The van der Waals surface area contributed by atoms with E-state index in [1.807, 2.05) is 25.1 Å². The topological polar surface area (TPSA) is 98.2 Å². The Morgan fingerprint density at radius 1 is 1.29 bits per heavy atom. The zero-order chi connectivity index (χ0) is 20.7. The van der Waals surface area contributed by atoms with Gasteiger partial charge in [0.25, 0.3) is 5.91 Å². The average molecular weight is 424 g/mol. The maximum absolute atomic E-state index is 12.2. The van der Waals surface area contributed by atoms with E-state index in [0.29, 0.717) is 17.2 Å². The first-order valence-electron chi connectivity index (χ1n) is 8.62. The number of halogens is 1. The number of hydrogen-bond acceptors (Lipinski definition) is 6. The molecule has 2 rings (SSSR count). The van der Waals surface area contributed by atoms with Crippen molar-refractivity contribution >= 4 is 27.3 Å². The van der Waals surface area contributed by atoms with Crippen molar-refractivity contribution in [2.24, 2.45) is 0 Å². The predicted molar refractivity (Wildman–Crippen MR) is 108 cm³/mol. The molecule has 0 saturated carbocycles. The standard InChI is InChI=1S/C19H22ClN3O4S/c1-4-17(15-7-5-6-8-16(15)20)27-14-11-21-18(22-12-14)19(24)23-13(2)9-10-28(3,25)26/h5-13,17H,4H2,1-3H3,(H,23,24)/b10-9+/t13-,17+/m1/s1. The van der Waals surface area contributed by atoms with Crippen LogP contribution < -0.4 is 10.1 Å². The fourth-order valence-corrected chi connectivity index (χ4v) is 3.12. The van der Waals surface area contributed by atoms with Gasteiger partial charge < -0.3 is 10.1 Å². The van der Waals surface area contributed by atoms with Crippen LogP contribution in [0.15, 0.2) is 48.1 Å². The van der Waals surface area contributed by atoms with E-state index in [1.165, 1.54) is 18.5 Å². The molecule has 0 saturated heterocycles. The van der Waals surface area contributed by atoms with Crippen LogP contribution in [0.2, 0.25) is 5.02 Å². The van der Waals surface area contributed by atoms with Crippen LogP contribution in [-0.2, 0) is 9.84 Å². The van der Waals surface area contributed by atoms with Crippen molar-refractivity contribution in [1.29, 1.82) is 0 Å². The molecule has 2 atom stereocenters. The number of hydrogen-bond donors (Lipinski definition) is 1. The van der Waals surface area contributed by atoms with Crippen molar-refractivity contribution in [3.8, 4) is 5.75 Å².